The first-order valence-corrected chi connectivity index (χ1v) is 11.2. The van der Waals surface area contributed by atoms with Gasteiger partial charge in [0.25, 0.3) is 5.91 Å². The molecule has 0 saturated carbocycles. The molecule has 2 rings (SSSR count). The number of alkyl halides is 3. The number of hydrogen-bond acceptors (Lipinski definition) is 3. The SMILES string of the molecule is CCNC(=O)C(COC)NC(=O)c1ccc(/C=C/C(c2cc(Cl)c(Cl)c(Cl)c2)C(F)(F)F)cc1. The summed E-state index contributed by atoms with van der Waals surface area (Å²) in [4.78, 5) is 24.5. The number of nitrogens with one attached hydrogen (secondary N) is 2. The number of hydrogen-bond donors (Lipinski definition) is 2. The maximum atomic E-state index is 13.7. The van der Waals surface area contributed by atoms with Crippen LogP contribution in [0.15, 0.2) is 42.5 Å². The van der Waals surface area contributed by atoms with Crippen molar-refractivity contribution in [1.29, 1.82) is 0 Å². The fourth-order valence-corrected chi connectivity index (χ4v) is 3.62. The second-order valence-corrected chi connectivity index (χ2v) is 8.37. The van der Waals surface area contributed by atoms with Crippen LogP contribution in [0.4, 0.5) is 13.2 Å². The van der Waals surface area contributed by atoms with Crippen LogP contribution >= 0.6 is 34.8 Å². The number of allylic oxidation sites excluding steroid dienone is 1. The van der Waals surface area contributed by atoms with Crippen molar-refractivity contribution < 1.29 is 27.5 Å². The Bertz CT molecular complexity index is 1020. The molecule has 2 atom stereocenters. The summed E-state index contributed by atoms with van der Waals surface area (Å²) < 4.78 is 46.0. The van der Waals surface area contributed by atoms with E-state index in [0.29, 0.717) is 12.1 Å². The van der Waals surface area contributed by atoms with Gasteiger partial charge in [0, 0.05) is 19.2 Å². The predicted molar refractivity (Wildman–Crippen MR) is 128 cm³/mol. The van der Waals surface area contributed by atoms with Crippen LogP contribution in [-0.4, -0.2) is 44.3 Å². The van der Waals surface area contributed by atoms with E-state index in [0.717, 1.165) is 18.2 Å². The molecule has 0 aliphatic carbocycles. The van der Waals surface area contributed by atoms with Gasteiger partial charge in [-0.2, -0.15) is 13.2 Å². The Morgan fingerprint density at radius 3 is 2.18 bits per heavy atom. The van der Waals surface area contributed by atoms with E-state index < -0.39 is 30.0 Å². The number of likely N-dealkylation sites (N-methyl/N-ethyl adjacent to an activating group) is 1. The highest BCUT2D eigenvalue weighted by Crippen LogP contribution is 2.41. The molecule has 0 aromatic heterocycles. The predicted octanol–water partition coefficient (Wildman–Crippen LogP) is 5.89. The maximum absolute atomic E-state index is 13.7. The second kappa shape index (κ2) is 12.4. The summed E-state index contributed by atoms with van der Waals surface area (Å²) in [5.41, 5.74) is 0.494. The minimum absolute atomic E-state index is 0.0179. The molecule has 2 amide bonds. The average Bonchev–Trinajstić information content (AvgIpc) is 2.76. The van der Waals surface area contributed by atoms with Gasteiger partial charge in [0.15, 0.2) is 0 Å². The van der Waals surface area contributed by atoms with E-state index >= 15 is 0 Å². The molecule has 184 valence electrons. The van der Waals surface area contributed by atoms with Gasteiger partial charge in [0.1, 0.15) is 6.04 Å². The lowest BCUT2D eigenvalue weighted by Crippen LogP contribution is -2.49. The smallest absolute Gasteiger partial charge is 0.382 e. The van der Waals surface area contributed by atoms with Gasteiger partial charge in [-0.3, -0.25) is 9.59 Å². The Labute approximate surface area is 210 Å². The highest BCUT2D eigenvalue weighted by molar-refractivity contribution is 6.48. The molecule has 0 bridgehead atoms. The van der Waals surface area contributed by atoms with Crippen LogP contribution in [0.1, 0.15) is 34.3 Å². The molecule has 2 aromatic rings. The number of rotatable bonds is 9. The fraction of sp³-hybridized carbons (Fsp3) is 0.304. The van der Waals surface area contributed by atoms with E-state index in [1.807, 2.05) is 0 Å². The van der Waals surface area contributed by atoms with Crippen molar-refractivity contribution in [2.75, 3.05) is 20.3 Å². The van der Waals surface area contributed by atoms with Gasteiger partial charge >= 0.3 is 6.18 Å². The summed E-state index contributed by atoms with van der Waals surface area (Å²) in [6.07, 6.45) is -2.36. The monoisotopic (exact) mass is 536 g/mol. The largest absolute Gasteiger partial charge is 0.399 e. The second-order valence-electron chi connectivity index (χ2n) is 7.17. The first-order valence-electron chi connectivity index (χ1n) is 10.0. The molecular weight excluding hydrogens is 516 g/mol. The van der Waals surface area contributed by atoms with Crippen molar-refractivity contribution in [3.63, 3.8) is 0 Å². The molecule has 0 saturated heterocycles. The Kier molecular flexibility index (Phi) is 10.2. The number of carbonyl (C=O) groups excluding carboxylic acids is 2. The zero-order valence-corrected chi connectivity index (χ0v) is 20.4. The summed E-state index contributed by atoms with van der Waals surface area (Å²) in [7, 11) is 1.40. The van der Waals surface area contributed by atoms with E-state index in [2.05, 4.69) is 10.6 Å². The van der Waals surface area contributed by atoms with Crippen molar-refractivity contribution in [1.82, 2.24) is 10.6 Å². The average molecular weight is 538 g/mol. The zero-order valence-electron chi connectivity index (χ0n) is 18.2. The molecule has 0 radical (unpaired) electrons. The molecule has 2 N–H and O–H groups in total. The minimum atomic E-state index is -4.60. The van der Waals surface area contributed by atoms with Gasteiger partial charge in [-0.15, -0.1) is 0 Å². The molecule has 2 unspecified atom stereocenters. The van der Waals surface area contributed by atoms with Gasteiger partial charge in [-0.25, -0.2) is 0 Å². The third kappa shape index (κ3) is 7.63. The highest BCUT2D eigenvalue weighted by atomic mass is 35.5. The summed E-state index contributed by atoms with van der Waals surface area (Å²) in [6.45, 7) is 2.12. The lowest BCUT2D eigenvalue weighted by Gasteiger charge is -2.18. The van der Waals surface area contributed by atoms with Gasteiger partial charge in [-0.1, -0.05) is 59.1 Å². The Hall–Kier alpha value is -2.26. The van der Waals surface area contributed by atoms with Gasteiger partial charge in [0.2, 0.25) is 5.91 Å². The lowest BCUT2D eigenvalue weighted by molar-refractivity contribution is -0.139. The van der Waals surface area contributed by atoms with E-state index in [1.165, 1.54) is 37.5 Å². The Balaban J connectivity index is 2.20. The Morgan fingerprint density at radius 1 is 1.09 bits per heavy atom. The quantitative estimate of drug-likeness (QED) is 0.392. The van der Waals surface area contributed by atoms with Gasteiger partial charge in [-0.05, 0) is 42.3 Å². The topological polar surface area (TPSA) is 67.4 Å². The van der Waals surface area contributed by atoms with Crippen LogP contribution < -0.4 is 10.6 Å². The van der Waals surface area contributed by atoms with Crippen molar-refractivity contribution in [3.8, 4) is 0 Å². The molecule has 0 fully saturated rings. The van der Waals surface area contributed by atoms with E-state index in [-0.39, 0.29) is 32.8 Å². The van der Waals surface area contributed by atoms with Crippen LogP contribution in [0.3, 0.4) is 0 Å². The fourth-order valence-electron chi connectivity index (χ4n) is 3.01. The van der Waals surface area contributed by atoms with Crippen LogP contribution in [-0.2, 0) is 9.53 Å². The first kappa shape index (κ1) is 28.0. The molecule has 0 aliphatic rings. The molecule has 0 aliphatic heterocycles. The van der Waals surface area contributed by atoms with Gasteiger partial charge < -0.3 is 15.4 Å². The third-order valence-corrected chi connectivity index (χ3v) is 5.87. The number of ether oxygens (including phenoxy) is 1. The summed E-state index contributed by atoms with van der Waals surface area (Å²) in [5.74, 6) is -2.89. The first-order chi connectivity index (χ1) is 16.0. The van der Waals surface area contributed by atoms with Crippen LogP contribution in [0.2, 0.25) is 15.1 Å². The Morgan fingerprint density at radius 2 is 1.68 bits per heavy atom. The number of carbonyl (C=O) groups is 2. The van der Waals surface area contributed by atoms with E-state index in [9.17, 15) is 22.8 Å². The number of halogens is 6. The maximum Gasteiger partial charge on any atom is 0.399 e. The molecule has 2 aromatic carbocycles. The molecule has 34 heavy (non-hydrogen) atoms. The molecule has 0 spiro atoms. The molecular formula is C23H22Cl3F3N2O3. The van der Waals surface area contributed by atoms with Crippen molar-refractivity contribution >= 4 is 52.7 Å². The van der Waals surface area contributed by atoms with Crippen molar-refractivity contribution in [2.24, 2.45) is 0 Å². The summed E-state index contributed by atoms with van der Waals surface area (Å²) >= 11 is 17.6. The van der Waals surface area contributed by atoms with E-state index in [4.69, 9.17) is 39.5 Å². The summed E-state index contributed by atoms with van der Waals surface area (Å²) in [5, 5.41) is 4.98. The zero-order chi connectivity index (χ0) is 25.5. The summed E-state index contributed by atoms with van der Waals surface area (Å²) in [6, 6.07) is 7.21. The molecule has 0 heterocycles. The van der Waals surface area contributed by atoms with Crippen molar-refractivity contribution in [2.45, 2.75) is 25.1 Å². The number of benzene rings is 2. The van der Waals surface area contributed by atoms with Gasteiger partial charge in [0.05, 0.1) is 27.6 Å². The highest BCUT2D eigenvalue weighted by Gasteiger charge is 2.39. The molecule has 11 heteroatoms. The molecule has 5 nitrogen and oxygen atoms in total. The normalized spacial score (nSPS) is 13.5. The van der Waals surface area contributed by atoms with Crippen molar-refractivity contribution in [3.05, 3.63) is 74.2 Å². The van der Waals surface area contributed by atoms with Crippen LogP contribution in [0.5, 0.6) is 0 Å². The van der Waals surface area contributed by atoms with Crippen LogP contribution in [0.25, 0.3) is 6.08 Å². The lowest BCUT2D eigenvalue weighted by atomic mass is 9.97. The number of amides is 2. The number of methoxy groups -OCH3 is 1. The third-order valence-electron chi connectivity index (χ3n) is 4.68. The minimum Gasteiger partial charge on any atom is -0.382 e. The van der Waals surface area contributed by atoms with E-state index in [1.54, 1.807) is 6.92 Å². The standard InChI is InChI=1S/C23H22Cl3F3N2O3/c1-3-30-22(33)19(12-34-2)31-21(32)14-7-4-13(5-8-14)6-9-16(23(27,28)29)15-10-17(24)20(26)18(25)11-15/h4-11,16,19H,3,12H2,1-2H3,(H,30,33)(H,31,32)/b9-6+. The van der Waals surface area contributed by atoms with Crippen LogP contribution in [0, 0.1) is 0 Å².